The molecule has 1 aromatic heterocycles. The number of halogens is 3. The fourth-order valence-corrected chi connectivity index (χ4v) is 4.37. The molecule has 0 aliphatic carbocycles. The summed E-state index contributed by atoms with van der Waals surface area (Å²) in [6, 6.07) is 13.2. The number of hydrogen-bond donors (Lipinski definition) is 1. The molecule has 1 fully saturated rings. The summed E-state index contributed by atoms with van der Waals surface area (Å²) in [4.78, 5) is 27.5. The smallest absolute Gasteiger partial charge is 0.286 e. The third kappa shape index (κ3) is 4.48. The molecular weight excluding hydrogens is 413 g/mol. The number of carbonyl (C=O) groups is 2. The normalized spacial score (nSPS) is 16.8. The number of hydrogen-bond acceptors (Lipinski definition) is 4. The van der Waals surface area contributed by atoms with E-state index in [0.717, 1.165) is 39.9 Å². The third-order valence-electron chi connectivity index (χ3n) is 5.00. The van der Waals surface area contributed by atoms with E-state index in [9.17, 15) is 22.8 Å². The monoisotopic (exact) mass is 430 g/mol. The van der Waals surface area contributed by atoms with Gasteiger partial charge in [-0.15, -0.1) is 0 Å². The molecule has 1 saturated heterocycles. The molecule has 1 aliphatic heterocycles. The second-order valence-corrected chi connectivity index (χ2v) is 8.29. The molecule has 4 rings (SSSR count). The Hall–Kier alpha value is -2.87. The lowest BCUT2D eigenvalue weighted by Crippen LogP contribution is -2.25. The molecule has 1 N–H and O–H groups in total. The topological polar surface area (TPSA) is 59.1 Å². The largest absolute Gasteiger partial charge is 0.416 e. The zero-order valence-electron chi connectivity index (χ0n) is 15.7. The molecule has 2 heterocycles. The minimum Gasteiger partial charge on any atom is -0.286 e. The Labute approximate surface area is 174 Å². The van der Waals surface area contributed by atoms with Crippen LogP contribution in [0.15, 0.2) is 54.7 Å². The lowest BCUT2D eigenvalue weighted by Gasteiger charge is -2.12. The zero-order chi connectivity index (χ0) is 21.3. The van der Waals surface area contributed by atoms with Crippen LogP contribution in [-0.4, -0.2) is 21.4 Å². The molecule has 8 heteroatoms. The number of aryl methyl sites for hydroxylation is 2. The number of benzene rings is 2. The summed E-state index contributed by atoms with van der Waals surface area (Å²) in [5.74, 6) is -0.292. The van der Waals surface area contributed by atoms with E-state index in [1.54, 1.807) is 12.3 Å². The first kappa shape index (κ1) is 20.4. The summed E-state index contributed by atoms with van der Waals surface area (Å²) in [5.41, 5.74) is 2.16. The highest BCUT2D eigenvalue weighted by Crippen LogP contribution is 2.32. The van der Waals surface area contributed by atoms with Gasteiger partial charge < -0.3 is 0 Å². The minimum absolute atomic E-state index is 0.273. The van der Waals surface area contributed by atoms with Gasteiger partial charge in [-0.1, -0.05) is 42.1 Å². The van der Waals surface area contributed by atoms with Gasteiger partial charge in [0.1, 0.15) is 0 Å². The molecule has 0 radical (unpaired) electrons. The van der Waals surface area contributed by atoms with E-state index < -0.39 is 17.0 Å². The number of aromatic nitrogens is 1. The number of amides is 2. The van der Waals surface area contributed by atoms with Crippen molar-refractivity contribution in [3.63, 3.8) is 0 Å². The van der Waals surface area contributed by atoms with Crippen LogP contribution in [0.5, 0.6) is 0 Å². The highest BCUT2D eigenvalue weighted by atomic mass is 32.2. The van der Waals surface area contributed by atoms with E-state index in [1.165, 1.54) is 12.1 Å². The van der Waals surface area contributed by atoms with E-state index >= 15 is 0 Å². The van der Waals surface area contributed by atoms with E-state index in [-0.39, 0.29) is 23.1 Å². The first-order valence-corrected chi connectivity index (χ1v) is 10.2. The number of alkyl halides is 3. The van der Waals surface area contributed by atoms with Crippen molar-refractivity contribution < 1.29 is 22.8 Å². The predicted octanol–water partition coefficient (Wildman–Crippen LogP) is 4.93. The van der Waals surface area contributed by atoms with Crippen LogP contribution in [0.2, 0.25) is 0 Å². The fourth-order valence-electron chi connectivity index (χ4n) is 3.52. The van der Waals surface area contributed by atoms with Crippen LogP contribution in [0.3, 0.4) is 0 Å². The van der Waals surface area contributed by atoms with Gasteiger partial charge in [0.15, 0.2) is 0 Å². The first-order chi connectivity index (χ1) is 14.3. The maximum Gasteiger partial charge on any atom is 0.416 e. The SMILES string of the molecule is O=C1NC(=O)C(Cc2cnc3cc(CCc4ccccc4C(F)(F)F)ccc3c2)S1. The summed E-state index contributed by atoms with van der Waals surface area (Å²) in [5, 5.41) is 2.35. The molecule has 3 aromatic rings. The number of thioether (sulfide) groups is 1. The maximum absolute atomic E-state index is 13.2. The number of nitrogens with one attached hydrogen (secondary N) is 1. The van der Waals surface area contributed by atoms with Crippen molar-refractivity contribution in [2.45, 2.75) is 30.7 Å². The van der Waals surface area contributed by atoms with Gasteiger partial charge in [-0.05, 0) is 54.2 Å². The summed E-state index contributed by atoms with van der Waals surface area (Å²) in [6.07, 6.45) is -1.55. The molecule has 2 amide bonds. The van der Waals surface area contributed by atoms with Gasteiger partial charge in [-0.25, -0.2) is 0 Å². The average molecular weight is 430 g/mol. The Bertz CT molecular complexity index is 1130. The van der Waals surface area contributed by atoms with Gasteiger partial charge in [0, 0.05) is 11.6 Å². The van der Waals surface area contributed by atoms with E-state index in [4.69, 9.17) is 0 Å². The molecule has 0 bridgehead atoms. The van der Waals surface area contributed by atoms with E-state index in [2.05, 4.69) is 10.3 Å². The number of fused-ring (bicyclic) bond motifs is 1. The van der Waals surface area contributed by atoms with Crippen molar-refractivity contribution in [2.75, 3.05) is 0 Å². The number of pyridine rings is 1. The van der Waals surface area contributed by atoms with Crippen molar-refractivity contribution in [2.24, 2.45) is 0 Å². The van der Waals surface area contributed by atoms with E-state index in [1.807, 2.05) is 24.3 Å². The van der Waals surface area contributed by atoms with Crippen LogP contribution in [0.4, 0.5) is 18.0 Å². The molecule has 1 aliphatic rings. The molecular formula is C22H17F3N2O2S. The Morgan fingerprint density at radius 1 is 1.00 bits per heavy atom. The van der Waals surface area contributed by atoms with Gasteiger partial charge in [0.05, 0.1) is 16.3 Å². The molecule has 1 unspecified atom stereocenters. The Kier molecular flexibility index (Phi) is 5.51. The molecule has 0 spiro atoms. The van der Waals surface area contributed by atoms with Gasteiger partial charge >= 0.3 is 6.18 Å². The summed E-state index contributed by atoms with van der Waals surface area (Å²) < 4.78 is 39.5. The number of rotatable bonds is 5. The quantitative estimate of drug-likeness (QED) is 0.623. The summed E-state index contributed by atoms with van der Waals surface area (Å²) in [7, 11) is 0. The highest BCUT2D eigenvalue weighted by Gasteiger charge is 2.33. The Morgan fingerprint density at radius 2 is 1.80 bits per heavy atom. The summed E-state index contributed by atoms with van der Waals surface area (Å²) >= 11 is 0.976. The highest BCUT2D eigenvalue weighted by molar-refractivity contribution is 8.15. The van der Waals surface area contributed by atoms with Crippen LogP contribution < -0.4 is 5.32 Å². The maximum atomic E-state index is 13.2. The van der Waals surface area contributed by atoms with Crippen LogP contribution in [0.25, 0.3) is 10.9 Å². The average Bonchev–Trinajstić information content (AvgIpc) is 3.02. The lowest BCUT2D eigenvalue weighted by atomic mass is 9.98. The number of imide groups is 1. The first-order valence-electron chi connectivity index (χ1n) is 9.34. The molecule has 154 valence electrons. The van der Waals surface area contributed by atoms with Crippen LogP contribution in [0.1, 0.15) is 22.3 Å². The Morgan fingerprint density at radius 3 is 2.53 bits per heavy atom. The number of carbonyl (C=O) groups excluding carboxylic acids is 2. The standard InChI is InChI=1S/C22H17F3N2O2S/c23-22(24,25)17-4-2-1-3-15(17)7-5-13-6-8-16-9-14(12-26-18(16)10-13)11-19-20(28)27-21(29)30-19/h1-4,6,8-10,12,19H,5,7,11H2,(H,27,28,29). The predicted molar refractivity (Wildman–Crippen MR) is 109 cm³/mol. The second kappa shape index (κ2) is 8.10. The van der Waals surface area contributed by atoms with Crippen molar-refractivity contribution in [3.8, 4) is 0 Å². The van der Waals surface area contributed by atoms with E-state index in [0.29, 0.717) is 12.8 Å². The van der Waals surface area contributed by atoms with Gasteiger partial charge in [0.2, 0.25) is 5.91 Å². The van der Waals surface area contributed by atoms with Crippen molar-refractivity contribution in [1.29, 1.82) is 0 Å². The van der Waals surface area contributed by atoms with Crippen molar-refractivity contribution in [1.82, 2.24) is 10.3 Å². The van der Waals surface area contributed by atoms with Crippen LogP contribution in [-0.2, 0) is 30.2 Å². The van der Waals surface area contributed by atoms with Gasteiger partial charge in [0.25, 0.3) is 5.24 Å². The van der Waals surface area contributed by atoms with Crippen LogP contribution >= 0.6 is 11.8 Å². The molecule has 1 atom stereocenters. The third-order valence-corrected chi connectivity index (χ3v) is 5.98. The lowest BCUT2D eigenvalue weighted by molar-refractivity contribution is -0.138. The molecule has 0 saturated carbocycles. The molecule has 4 nitrogen and oxygen atoms in total. The molecule has 2 aromatic carbocycles. The Balaban J connectivity index is 1.48. The van der Waals surface area contributed by atoms with Crippen molar-refractivity contribution in [3.05, 3.63) is 77.0 Å². The van der Waals surface area contributed by atoms with Gasteiger partial charge in [-0.3, -0.25) is 19.9 Å². The van der Waals surface area contributed by atoms with Crippen molar-refractivity contribution >= 4 is 33.8 Å². The molecule has 30 heavy (non-hydrogen) atoms. The van der Waals surface area contributed by atoms with Gasteiger partial charge in [-0.2, -0.15) is 13.2 Å². The fraction of sp³-hybridized carbons (Fsp3) is 0.227. The van der Waals surface area contributed by atoms with Crippen LogP contribution in [0, 0.1) is 0 Å². The summed E-state index contributed by atoms with van der Waals surface area (Å²) in [6.45, 7) is 0. The number of nitrogens with zero attached hydrogens (tertiary/aromatic N) is 1. The second-order valence-electron chi connectivity index (χ2n) is 7.11. The minimum atomic E-state index is -4.36. The zero-order valence-corrected chi connectivity index (χ0v) is 16.5.